The van der Waals surface area contributed by atoms with E-state index in [4.69, 9.17) is 4.18 Å². The number of nitrogens with one attached hydrogen (secondary N) is 1. The second-order valence-corrected chi connectivity index (χ2v) is 9.55. The molecule has 4 rings (SSSR count). The van der Waals surface area contributed by atoms with Crippen LogP contribution in [0.25, 0.3) is 0 Å². The Morgan fingerprint density at radius 1 is 1.21 bits per heavy atom. The molecule has 1 unspecified atom stereocenters. The first-order chi connectivity index (χ1) is 13.4. The molecule has 0 saturated heterocycles. The van der Waals surface area contributed by atoms with Crippen LogP contribution in [-0.4, -0.2) is 20.7 Å². The maximum atomic E-state index is 13.9. The van der Waals surface area contributed by atoms with E-state index in [1.807, 2.05) is 25.1 Å². The fourth-order valence-electron chi connectivity index (χ4n) is 4.61. The number of hydrogen-bond donors (Lipinski definition) is 1. The zero-order valence-electron chi connectivity index (χ0n) is 16.5. The molecule has 1 heterocycles. The average molecular weight is 440 g/mol. The van der Waals surface area contributed by atoms with Crippen molar-refractivity contribution in [2.24, 2.45) is 0 Å². The summed E-state index contributed by atoms with van der Waals surface area (Å²) in [5, 5.41) is 3.62. The highest BCUT2D eigenvalue weighted by Crippen LogP contribution is 2.53. The molecule has 1 fully saturated rings. The summed E-state index contributed by atoms with van der Waals surface area (Å²) >= 11 is 0. The van der Waals surface area contributed by atoms with E-state index in [-0.39, 0.29) is 35.4 Å². The van der Waals surface area contributed by atoms with E-state index in [0.29, 0.717) is 12.2 Å². The van der Waals surface area contributed by atoms with Crippen molar-refractivity contribution >= 4 is 22.5 Å². The van der Waals surface area contributed by atoms with Gasteiger partial charge in [-0.25, -0.2) is 4.39 Å². The van der Waals surface area contributed by atoms with E-state index in [1.54, 1.807) is 18.2 Å². The predicted molar refractivity (Wildman–Crippen MR) is 115 cm³/mol. The highest BCUT2D eigenvalue weighted by molar-refractivity contribution is 7.87. The SMILES string of the molecule is CCCS(=O)(=O)Oc1ccc2c(c1)C(C1(c3cccc(F)c3)CCC1)NCC2.Cl. The van der Waals surface area contributed by atoms with Gasteiger partial charge in [0.2, 0.25) is 0 Å². The Kier molecular flexibility index (Phi) is 6.56. The zero-order chi connectivity index (χ0) is 19.8. The molecule has 2 aliphatic rings. The van der Waals surface area contributed by atoms with Crippen molar-refractivity contribution in [3.05, 3.63) is 65.0 Å². The first kappa shape index (κ1) is 22.1. The maximum absolute atomic E-state index is 13.9. The lowest BCUT2D eigenvalue weighted by atomic mass is 9.58. The van der Waals surface area contributed by atoms with Crippen LogP contribution in [0, 0.1) is 5.82 Å². The second kappa shape index (κ2) is 8.62. The minimum Gasteiger partial charge on any atom is -0.382 e. The van der Waals surface area contributed by atoms with Gasteiger partial charge >= 0.3 is 10.1 Å². The summed E-state index contributed by atoms with van der Waals surface area (Å²) in [5.41, 5.74) is 3.11. The summed E-state index contributed by atoms with van der Waals surface area (Å²) in [6, 6.07) is 12.5. The summed E-state index contributed by atoms with van der Waals surface area (Å²) in [5.74, 6) is 0.135. The van der Waals surface area contributed by atoms with Crippen LogP contribution in [0.2, 0.25) is 0 Å². The molecule has 2 aromatic carbocycles. The fourth-order valence-corrected chi connectivity index (χ4v) is 5.59. The average Bonchev–Trinajstić information content (AvgIpc) is 2.61. The van der Waals surface area contributed by atoms with Crippen LogP contribution in [-0.2, 0) is 22.0 Å². The van der Waals surface area contributed by atoms with E-state index in [2.05, 4.69) is 5.32 Å². The molecule has 0 aromatic heterocycles. The van der Waals surface area contributed by atoms with Crippen molar-refractivity contribution in [3.8, 4) is 5.75 Å². The Balaban J connectivity index is 0.00000240. The normalized spacial score (nSPS) is 20.1. The van der Waals surface area contributed by atoms with Crippen LogP contribution in [0.15, 0.2) is 42.5 Å². The molecule has 0 bridgehead atoms. The molecule has 7 heteroatoms. The predicted octanol–water partition coefficient (Wildman–Crippen LogP) is 4.67. The van der Waals surface area contributed by atoms with Gasteiger partial charge in [-0.3, -0.25) is 0 Å². The van der Waals surface area contributed by atoms with Crippen LogP contribution >= 0.6 is 12.4 Å². The summed E-state index contributed by atoms with van der Waals surface area (Å²) in [6.45, 7) is 2.66. The van der Waals surface area contributed by atoms with E-state index in [0.717, 1.165) is 43.4 Å². The van der Waals surface area contributed by atoms with Crippen molar-refractivity contribution < 1.29 is 17.0 Å². The number of halogens is 2. The van der Waals surface area contributed by atoms with Gasteiger partial charge in [-0.15, -0.1) is 12.4 Å². The van der Waals surface area contributed by atoms with Crippen LogP contribution in [0.4, 0.5) is 4.39 Å². The molecule has 1 aliphatic carbocycles. The quantitative estimate of drug-likeness (QED) is 0.664. The first-order valence-electron chi connectivity index (χ1n) is 9.98. The lowest BCUT2D eigenvalue weighted by Crippen LogP contribution is -2.49. The molecular formula is C22H27ClFNO3S. The standard InChI is InChI=1S/C22H26FNO3S.ClH/c1-2-13-28(25,26)27-19-8-7-16-9-12-24-21(20(16)15-19)22(10-4-11-22)17-5-3-6-18(23)14-17;/h3,5-8,14-15,21,24H,2,4,9-13H2,1H3;1H. The minimum absolute atomic E-state index is 0. The molecule has 1 N–H and O–H groups in total. The van der Waals surface area contributed by atoms with Gasteiger partial charge in [0.25, 0.3) is 0 Å². The summed E-state index contributed by atoms with van der Waals surface area (Å²) < 4.78 is 43.5. The summed E-state index contributed by atoms with van der Waals surface area (Å²) in [6.07, 6.45) is 4.46. The molecule has 0 amide bonds. The molecule has 29 heavy (non-hydrogen) atoms. The van der Waals surface area contributed by atoms with Crippen LogP contribution < -0.4 is 9.50 Å². The molecule has 1 atom stereocenters. The van der Waals surface area contributed by atoms with Gasteiger partial charge in [0.15, 0.2) is 0 Å². The van der Waals surface area contributed by atoms with Gasteiger partial charge in [0, 0.05) is 11.5 Å². The van der Waals surface area contributed by atoms with E-state index in [9.17, 15) is 12.8 Å². The Labute approximate surface area is 178 Å². The molecule has 2 aromatic rings. The van der Waals surface area contributed by atoms with Gasteiger partial charge in [-0.2, -0.15) is 8.42 Å². The van der Waals surface area contributed by atoms with Gasteiger partial charge in [0.1, 0.15) is 11.6 Å². The van der Waals surface area contributed by atoms with Crippen molar-refractivity contribution in [2.45, 2.75) is 50.5 Å². The molecule has 1 aliphatic heterocycles. The number of benzene rings is 2. The third kappa shape index (κ3) is 4.30. The Morgan fingerprint density at radius 2 is 2.00 bits per heavy atom. The van der Waals surface area contributed by atoms with Gasteiger partial charge < -0.3 is 9.50 Å². The number of rotatable bonds is 6. The Hall–Kier alpha value is -1.63. The monoisotopic (exact) mass is 439 g/mol. The highest BCUT2D eigenvalue weighted by atomic mass is 35.5. The Morgan fingerprint density at radius 3 is 2.66 bits per heavy atom. The van der Waals surface area contributed by atoms with E-state index < -0.39 is 10.1 Å². The molecule has 1 saturated carbocycles. The fraction of sp³-hybridized carbons (Fsp3) is 0.455. The lowest BCUT2D eigenvalue weighted by molar-refractivity contribution is 0.164. The third-order valence-corrected chi connectivity index (χ3v) is 7.40. The van der Waals surface area contributed by atoms with Gasteiger partial charge in [-0.05, 0) is 73.2 Å². The smallest absolute Gasteiger partial charge is 0.309 e. The van der Waals surface area contributed by atoms with Crippen LogP contribution in [0.3, 0.4) is 0 Å². The lowest BCUT2D eigenvalue weighted by Gasteiger charge is -2.50. The third-order valence-electron chi connectivity index (χ3n) is 6.05. The zero-order valence-corrected chi connectivity index (χ0v) is 18.1. The maximum Gasteiger partial charge on any atom is 0.309 e. The minimum atomic E-state index is -3.58. The van der Waals surface area contributed by atoms with Gasteiger partial charge in [0.05, 0.1) is 5.75 Å². The number of hydrogen-bond acceptors (Lipinski definition) is 4. The molecule has 0 spiro atoms. The van der Waals surface area contributed by atoms with Crippen molar-refractivity contribution in [1.29, 1.82) is 0 Å². The first-order valence-corrected chi connectivity index (χ1v) is 11.6. The van der Waals surface area contributed by atoms with Crippen molar-refractivity contribution in [2.75, 3.05) is 12.3 Å². The summed E-state index contributed by atoms with van der Waals surface area (Å²) in [7, 11) is -3.58. The van der Waals surface area contributed by atoms with E-state index in [1.165, 1.54) is 11.6 Å². The molecule has 0 radical (unpaired) electrons. The number of fused-ring (bicyclic) bond motifs is 1. The summed E-state index contributed by atoms with van der Waals surface area (Å²) in [4.78, 5) is 0. The van der Waals surface area contributed by atoms with E-state index >= 15 is 0 Å². The van der Waals surface area contributed by atoms with Crippen molar-refractivity contribution in [1.82, 2.24) is 5.32 Å². The largest absolute Gasteiger partial charge is 0.382 e. The highest BCUT2D eigenvalue weighted by Gasteiger charge is 2.47. The molecule has 158 valence electrons. The topological polar surface area (TPSA) is 55.4 Å². The second-order valence-electron chi connectivity index (χ2n) is 7.86. The van der Waals surface area contributed by atoms with Crippen LogP contribution in [0.5, 0.6) is 5.75 Å². The van der Waals surface area contributed by atoms with Crippen molar-refractivity contribution in [3.63, 3.8) is 0 Å². The van der Waals surface area contributed by atoms with Crippen LogP contribution in [0.1, 0.15) is 55.3 Å². The Bertz CT molecular complexity index is 976. The molecule has 4 nitrogen and oxygen atoms in total. The molecular weight excluding hydrogens is 413 g/mol. The van der Waals surface area contributed by atoms with Gasteiger partial charge in [-0.1, -0.05) is 31.5 Å².